The van der Waals surface area contributed by atoms with Crippen LogP contribution in [0.4, 0.5) is 0 Å². The molecule has 0 saturated carbocycles. The van der Waals surface area contributed by atoms with Gasteiger partial charge in [0.15, 0.2) is 5.78 Å². The zero-order chi connectivity index (χ0) is 11.0. The lowest BCUT2D eigenvalue weighted by molar-refractivity contribution is -0.129. The Labute approximate surface area is 84.7 Å². The van der Waals surface area contributed by atoms with Crippen molar-refractivity contribution in [2.75, 3.05) is 6.61 Å². The summed E-state index contributed by atoms with van der Waals surface area (Å²) in [6, 6.07) is -0.524. The van der Waals surface area contributed by atoms with Gasteiger partial charge in [0.1, 0.15) is 6.61 Å². The Morgan fingerprint density at radius 3 is 2.43 bits per heavy atom. The molecule has 0 fully saturated rings. The topological polar surface area (TPSA) is 66.4 Å². The number of amides is 1. The molecule has 0 heterocycles. The van der Waals surface area contributed by atoms with Crippen molar-refractivity contribution in [3.8, 4) is 0 Å². The van der Waals surface area contributed by atoms with Gasteiger partial charge in [-0.05, 0) is 12.8 Å². The van der Waals surface area contributed by atoms with Crippen LogP contribution in [-0.4, -0.2) is 29.4 Å². The second-order valence-electron chi connectivity index (χ2n) is 3.26. The summed E-state index contributed by atoms with van der Waals surface area (Å²) in [5.41, 5.74) is 0. The van der Waals surface area contributed by atoms with E-state index in [-0.39, 0.29) is 11.7 Å². The molecule has 1 atom stereocenters. The van der Waals surface area contributed by atoms with E-state index < -0.39 is 12.6 Å². The number of aliphatic hydroxyl groups excluding tert-OH is 1. The van der Waals surface area contributed by atoms with Crippen LogP contribution in [0.3, 0.4) is 0 Å². The van der Waals surface area contributed by atoms with E-state index in [4.69, 9.17) is 5.11 Å². The molecular weight excluding hydrogens is 182 g/mol. The molecule has 0 aliphatic carbocycles. The average Bonchev–Trinajstić information content (AvgIpc) is 2.21. The summed E-state index contributed by atoms with van der Waals surface area (Å²) in [4.78, 5) is 22.3. The van der Waals surface area contributed by atoms with Gasteiger partial charge in [-0.25, -0.2) is 0 Å². The van der Waals surface area contributed by atoms with Gasteiger partial charge in [-0.15, -0.1) is 0 Å². The first-order valence-electron chi connectivity index (χ1n) is 5.08. The second kappa shape index (κ2) is 7.50. The Bertz CT molecular complexity index is 192. The van der Waals surface area contributed by atoms with Crippen LogP contribution in [0.1, 0.15) is 39.5 Å². The highest BCUT2D eigenvalue weighted by Crippen LogP contribution is 1.97. The number of carbonyl (C=O) groups excluding carboxylic acids is 2. The monoisotopic (exact) mass is 201 g/mol. The van der Waals surface area contributed by atoms with E-state index in [1.807, 2.05) is 6.92 Å². The first kappa shape index (κ1) is 13.1. The van der Waals surface area contributed by atoms with E-state index in [2.05, 4.69) is 5.32 Å². The summed E-state index contributed by atoms with van der Waals surface area (Å²) in [6.07, 6.45) is 2.76. The van der Waals surface area contributed by atoms with Crippen molar-refractivity contribution in [1.82, 2.24) is 5.32 Å². The number of rotatable bonds is 7. The third-order valence-electron chi connectivity index (χ3n) is 2.05. The van der Waals surface area contributed by atoms with E-state index in [9.17, 15) is 9.59 Å². The lowest BCUT2D eigenvalue weighted by Gasteiger charge is -2.14. The Balaban J connectivity index is 3.92. The van der Waals surface area contributed by atoms with Crippen LogP contribution in [0.25, 0.3) is 0 Å². The molecule has 4 nitrogen and oxygen atoms in total. The Kier molecular flexibility index (Phi) is 7.02. The normalized spacial score (nSPS) is 12.2. The number of ketones is 1. The largest absolute Gasteiger partial charge is 0.389 e. The van der Waals surface area contributed by atoms with Gasteiger partial charge in [-0.3, -0.25) is 9.59 Å². The van der Waals surface area contributed by atoms with Gasteiger partial charge in [0, 0.05) is 6.42 Å². The van der Waals surface area contributed by atoms with Crippen LogP contribution in [0, 0.1) is 0 Å². The standard InChI is InChI=1S/C10H19NO3/c1-3-5-6-10(14)11-8(4-2)9(13)7-12/h8,12H,3-7H2,1-2H3,(H,11,14). The third-order valence-corrected chi connectivity index (χ3v) is 2.05. The average molecular weight is 201 g/mol. The van der Waals surface area contributed by atoms with Gasteiger partial charge in [0.05, 0.1) is 6.04 Å². The molecule has 4 heteroatoms. The molecule has 82 valence electrons. The van der Waals surface area contributed by atoms with Crippen LogP contribution < -0.4 is 5.32 Å². The molecule has 0 rings (SSSR count). The van der Waals surface area contributed by atoms with Crippen LogP contribution in [0.2, 0.25) is 0 Å². The molecule has 0 spiro atoms. The van der Waals surface area contributed by atoms with Crippen molar-refractivity contribution >= 4 is 11.7 Å². The summed E-state index contributed by atoms with van der Waals surface area (Å²) in [7, 11) is 0. The highest BCUT2D eigenvalue weighted by atomic mass is 16.3. The van der Waals surface area contributed by atoms with Crippen LogP contribution in [-0.2, 0) is 9.59 Å². The second-order valence-corrected chi connectivity index (χ2v) is 3.26. The molecular formula is C10H19NO3. The van der Waals surface area contributed by atoms with Crippen LogP contribution in [0.5, 0.6) is 0 Å². The van der Waals surface area contributed by atoms with Gasteiger partial charge in [0.25, 0.3) is 0 Å². The number of aliphatic hydroxyl groups is 1. The molecule has 0 aromatic rings. The minimum atomic E-state index is -0.524. The lowest BCUT2D eigenvalue weighted by Crippen LogP contribution is -2.41. The molecule has 14 heavy (non-hydrogen) atoms. The lowest BCUT2D eigenvalue weighted by atomic mass is 10.1. The number of nitrogens with one attached hydrogen (secondary N) is 1. The summed E-state index contributed by atoms with van der Waals surface area (Å²) in [6.45, 7) is 3.30. The molecule has 2 N–H and O–H groups in total. The third kappa shape index (κ3) is 4.97. The van der Waals surface area contributed by atoms with Crippen molar-refractivity contribution in [3.63, 3.8) is 0 Å². The Hall–Kier alpha value is -0.900. The maximum Gasteiger partial charge on any atom is 0.220 e. The molecule has 1 unspecified atom stereocenters. The molecule has 0 saturated heterocycles. The van der Waals surface area contributed by atoms with E-state index in [0.717, 1.165) is 12.8 Å². The minimum absolute atomic E-state index is 0.111. The summed E-state index contributed by atoms with van der Waals surface area (Å²) < 4.78 is 0. The molecule has 0 aliphatic heterocycles. The van der Waals surface area contributed by atoms with Crippen LogP contribution in [0.15, 0.2) is 0 Å². The van der Waals surface area contributed by atoms with E-state index in [1.54, 1.807) is 6.92 Å². The highest BCUT2D eigenvalue weighted by Gasteiger charge is 2.16. The maximum absolute atomic E-state index is 11.2. The Morgan fingerprint density at radius 1 is 1.36 bits per heavy atom. The molecule has 0 aliphatic rings. The summed E-state index contributed by atoms with van der Waals surface area (Å²) in [5.74, 6) is -0.433. The number of carbonyl (C=O) groups is 2. The number of unbranched alkanes of at least 4 members (excludes halogenated alkanes) is 1. The Morgan fingerprint density at radius 2 is 2.00 bits per heavy atom. The summed E-state index contributed by atoms with van der Waals surface area (Å²) in [5, 5.41) is 11.2. The first-order valence-corrected chi connectivity index (χ1v) is 5.08. The fourth-order valence-corrected chi connectivity index (χ4v) is 1.12. The highest BCUT2D eigenvalue weighted by molar-refractivity contribution is 5.89. The zero-order valence-corrected chi connectivity index (χ0v) is 8.88. The van der Waals surface area contributed by atoms with E-state index in [1.165, 1.54) is 0 Å². The zero-order valence-electron chi connectivity index (χ0n) is 8.88. The quantitative estimate of drug-likeness (QED) is 0.635. The molecule has 0 aromatic carbocycles. The number of hydrogen-bond donors (Lipinski definition) is 2. The van der Waals surface area contributed by atoms with Crippen molar-refractivity contribution in [2.24, 2.45) is 0 Å². The number of hydrogen-bond acceptors (Lipinski definition) is 3. The molecule has 1 amide bonds. The predicted octanol–water partition coefficient (Wildman–Crippen LogP) is 0.633. The van der Waals surface area contributed by atoms with E-state index in [0.29, 0.717) is 12.8 Å². The van der Waals surface area contributed by atoms with E-state index >= 15 is 0 Å². The molecule has 0 bridgehead atoms. The maximum atomic E-state index is 11.2. The van der Waals surface area contributed by atoms with Crippen molar-refractivity contribution < 1.29 is 14.7 Å². The van der Waals surface area contributed by atoms with Gasteiger partial charge < -0.3 is 10.4 Å². The van der Waals surface area contributed by atoms with Crippen LogP contribution >= 0.6 is 0 Å². The van der Waals surface area contributed by atoms with Gasteiger partial charge in [0.2, 0.25) is 5.91 Å². The fourth-order valence-electron chi connectivity index (χ4n) is 1.12. The van der Waals surface area contributed by atoms with Gasteiger partial charge in [-0.2, -0.15) is 0 Å². The van der Waals surface area contributed by atoms with Crippen molar-refractivity contribution in [1.29, 1.82) is 0 Å². The first-order chi connectivity index (χ1) is 6.65. The fraction of sp³-hybridized carbons (Fsp3) is 0.800. The van der Waals surface area contributed by atoms with Gasteiger partial charge in [-0.1, -0.05) is 20.3 Å². The molecule has 0 aromatic heterocycles. The minimum Gasteiger partial charge on any atom is -0.389 e. The summed E-state index contributed by atoms with van der Waals surface area (Å²) >= 11 is 0. The smallest absolute Gasteiger partial charge is 0.220 e. The predicted molar refractivity (Wildman–Crippen MR) is 53.8 cm³/mol. The van der Waals surface area contributed by atoms with Crippen molar-refractivity contribution in [3.05, 3.63) is 0 Å². The SMILES string of the molecule is CCCCC(=O)NC(CC)C(=O)CO. The number of Topliss-reactive ketones (excluding diaryl/α,β-unsaturated/α-hetero) is 1. The van der Waals surface area contributed by atoms with Crippen molar-refractivity contribution in [2.45, 2.75) is 45.6 Å². The molecule has 0 radical (unpaired) electrons. The van der Waals surface area contributed by atoms with Gasteiger partial charge >= 0.3 is 0 Å².